The lowest BCUT2D eigenvalue weighted by atomic mass is 9.76. The van der Waals surface area contributed by atoms with Gasteiger partial charge in [0, 0.05) is 63.3 Å². The van der Waals surface area contributed by atoms with Crippen molar-refractivity contribution < 1.29 is 62.2 Å². The monoisotopic (exact) mass is 1190 g/mol. The Morgan fingerprint density at radius 1 is 0.930 bits per heavy atom. The topological polar surface area (TPSA) is 273 Å². The van der Waals surface area contributed by atoms with E-state index in [0.717, 1.165) is 12.8 Å². The molecule has 10 aliphatic carbocycles. The maximum Gasteiger partial charge on any atom is 0.332 e. The third-order valence-electron chi connectivity index (χ3n) is 25.3. The Labute approximate surface area is 504 Å². The Kier molecular flexibility index (Phi) is 13.1. The number of ketones is 1. The summed E-state index contributed by atoms with van der Waals surface area (Å²) in [5.41, 5.74) is -5.47. The van der Waals surface area contributed by atoms with Gasteiger partial charge in [0.15, 0.2) is 5.60 Å². The van der Waals surface area contributed by atoms with Crippen LogP contribution in [0.1, 0.15) is 164 Å². The van der Waals surface area contributed by atoms with Crippen LogP contribution in [0.2, 0.25) is 0 Å². The van der Waals surface area contributed by atoms with Gasteiger partial charge in [-0.3, -0.25) is 43.2 Å². The summed E-state index contributed by atoms with van der Waals surface area (Å²) in [6.07, 6.45) is 13.2. The maximum atomic E-state index is 16.3. The molecule has 7 amide bonds. The zero-order valence-corrected chi connectivity index (χ0v) is 52.0. The molecule has 21 nitrogen and oxygen atoms in total. The quantitative estimate of drug-likeness (QED) is 0.160. The van der Waals surface area contributed by atoms with Gasteiger partial charge in [-0.15, -0.1) is 0 Å². The molecule has 3 heterocycles. The number of methoxy groups -OCH3 is 1. The van der Waals surface area contributed by atoms with E-state index in [1.54, 1.807) is 26.1 Å². The molecule has 0 aromatic rings. The van der Waals surface area contributed by atoms with Gasteiger partial charge in [0.2, 0.25) is 35.3 Å². The molecule has 0 bridgehead atoms. The van der Waals surface area contributed by atoms with Gasteiger partial charge in [0.25, 0.3) is 11.8 Å². The minimum absolute atomic E-state index is 0.0391. The summed E-state index contributed by atoms with van der Waals surface area (Å²) >= 11 is 0. The SMILES string of the molecule is CC[C@@]12C[C@@H]1C21NC(=O)C2(CC2NC(=O)C2(N(C)C(=O)[C@@H]3CCCN3C(=O)C(C)=O)C[C@H]2C(C)C)C2(CC2)OC(=O)C2(CC2[C@H]2C=CC(OC)=CC2C)N(C)C(=O)[C@@H]2CCCN2C(=O)C2(CC2CCCN)NC(=O)C2(CC2(C)C)OC(=O)CC12CC2. The van der Waals surface area contributed by atoms with Gasteiger partial charge < -0.3 is 55.5 Å². The average Bonchev–Trinajstić information content (AvgIpc) is 1.41. The van der Waals surface area contributed by atoms with Crippen molar-refractivity contribution in [1.82, 2.24) is 35.6 Å². The van der Waals surface area contributed by atoms with Crippen LogP contribution in [0.3, 0.4) is 0 Å². The molecule has 10 unspecified atom stereocenters. The third-order valence-corrected chi connectivity index (χ3v) is 25.3. The predicted octanol–water partition coefficient (Wildman–Crippen LogP) is 3.75. The van der Waals surface area contributed by atoms with Gasteiger partial charge in [0.1, 0.15) is 45.5 Å². The van der Waals surface area contributed by atoms with Crippen LogP contribution in [-0.4, -0.2) is 171 Å². The Balaban J connectivity index is 0.886. The number of nitrogens with zero attached hydrogens (tertiary/aromatic N) is 4. The second kappa shape index (κ2) is 19.1. The minimum atomic E-state index is -1.58. The first-order chi connectivity index (χ1) is 40.6. The van der Waals surface area contributed by atoms with Crippen LogP contribution in [0.4, 0.5) is 0 Å². The third kappa shape index (κ3) is 7.93. The van der Waals surface area contributed by atoms with Gasteiger partial charge in [-0.2, -0.15) is 0 Å². The molecule has 7 spiro atoms. The molecule has 5 N–H and O–H groups in total. The van der Waals surface area contributed by atoms with E-state index in [1.165, 1.54) is 21.6 Å². The van der Waals surface area contributed by atoms with Crippen molar-refractivity contribution in [2.45, 2.75) is 216 Å². The van der Waals surface area contributed by atoms with Crippen LogP contribution in [0.15, 0.2) is 24.0 Å². The highest BCUT2D eigenvalue weighted by Crippen LogP contribution is 2.92. The fourth-order valence-electron chi connectivity index (χ4n) is 19.1. The summed E-state index contributed by atoms with van der Waals surface area (Å²) in [6, 6.07) is -2.80. The van der Waals surface area contributed by atoms with Crippen LogP contribution in [0, 0.1) is 63.1 Å². The zero-order valence-electron chi connectivity index (χ0n) is 52.0. The second-order valence-electron chi connectivity index (χ2n) is 30.1. The van der Waals surface area contributed by atoms with Gasteiger partial charge in [-0.05, 0) is 162 Å². The highest BCUT2D eigenvalue weighted by atomic mass is 16.6. The minimum Gasteiger partial charge on any atom is -0.497 e. The first kappa shape index (κ1) is 59.1. The number of hydrogen-bond donors (Lipinski definition) is 4. The van der Waals surface area contributed by atoms with Crippen LogP contribution in [0.5, 0.6) is 0 Å². The summed E-state index contributed by atoms with van der Waals surface area (Å²) in [5, 5.41) is 10.1. The summed E-state index contributed by atoms with van der Waals surface area (Å²) < 4.78 is 19.2. The Morgan fingerprint density at radius 3 is 2.22 bits per heavy atom. The Bertz CT molecular complexity index is 3120. The van der Waals surface area contributed by atoms with E-state index in [9.17, 15) is 19.2 Å². The molecule has 21 heteroatoms. The molecule has 0 aromatic heterocycles. The summed E-state index contributed by atoms with van der Waals surface area (Å²) in [4.78, 5) is 155. The second-order valence-corrected chi connectivity index (χ2v) is 30.1. The zero-order chi connectivity index (χ0) is 61.6. The van der Waals surface area contributed by atoms with Crippen molar-refractivity contribution in [3.8, 4) is 0 Å². The first-order valence-electron chi connectivity index (χ1n) is 32.3. The van der Waals surface area contributed by atoms with Gasteiger partial charge >= 0.3 is 11.9 Å². The number of carbonyl (C=O) groups excluding carboxylic acids is 10. The number of carbonyl (C=O) groups is 10. The van der Waals surface area contributed by atoms with Crippen molar-refractivity contribution in [3.63, 3.8) is 0 Å². The van der Waals surface area contributed by atoms with Crippen LogP contribution in [0.25, 0.3) is 0 Å². The van der Waals surface area contributed by atoms with Crippen molar-refractivity contribution in [1.29, 1.82) is 0 Å². The largest absolute Gasteiger partial charge is 0.497 e. The molecule has 0 radical (unpaired) electrons. The molecular formula is C65H90N8O13. The number of ether oxygens (including phenoxy) is 3. The molecule has 13 rings (SSSR count). The normalized spacial score (nSPS) is 43.2. The number of esters is 2. The first-order valence-corrected chi connectivity index (χ1v) is 32.3. The summed E-state index contributed by atoms with van der Waals surface area (Å²) in [7, 11) is 4.79. The summed E-state index contributed by atoms with van der Waals surface area (Å²) in [6.45, 7) is 13.9. The number of allylic oxidation sites excluding steroid dienone is 3. The van der Waals surface area contributed by atoms with Gasteiger partial charge in [0.05, 0.1) is 19.1 Å². The number of nitrogens with one attached hydrogen (secondary N) is 3. The molecule has 13 aliphatic rings. The fourth-order valence-corrected chi connectivity index (χ4v) is 19.1. The molecule has 0 aromatic carbocycles. The molecule has 86 heavy (non-hydrogen) atoms. The molecular weight excluding hydrogens is 1100 g/mol. The molecule has 9 saturated carbocycles. The van der Waals surface area contributed by atoms with Gasteiger partial charge in [-0.25, -0.2) is 4.79 Å². The molecule has 3 saturated heterocycles. The maximum absolute atomic E-state index is 16.3. The van der Waals surface area contributed by atoms with Crippen molar-refractivity contribution in [2.24, 2.45) is 68.8 Å². The van der Waals surface area contributed by atoms with Crippen LogP contribution >= 0.6 is 0 Å². The van der Waals surface area contributed by atoms with Crippen LogP contribution < -0.4 is 21.7 Å². The Hall–Kier alpha value is -5.86. The number of rotatable bonds is 12. The highest BCUT2D eigenvalue weighted by molar-refractivity contribution is 6.35. The number of likely N-dealkylation sites (N-methyl/N-ethyl adjacent to an activating group) is 2. The van der Waals surface area contributed by atoms with Crippen molar-refractivity contribution >= 4 is 59.1 Å². The smallest absolute Gasteiger partial charge is 0.332 e. The van der Waals surface area contributed by atoms with Crippen molar-refractivity contribution in [3.05, 3.63) is 24.0 Å². The van der Waals surface area contributed by atoms with E-state index in [0.29, 0.717) is 76.5 Å². The molecule has 468 valence electrons. The van der Waals surface area contributed by atoms with E-state index < -0.39 is 127 Å². The number of fused-ring (bicyclic) bond motifs is 6. The van der Waals surface area contributed by atoms with Gasteiger partial charge in [-0.1, -0.05) is 47.6 Å². The highest BCUT2D eigenvalue weighted by Gasteiger charge is 2.96. The van der Waals surface area contributed by atoms with E-state index in [-0.39, 0.29) is 98.4 Å². The van der Waals surface area contributed by atoms with E-state index in [1.807, 2.05) is 52.8 Å². The Morgan fingerprint density at radius 2 is 1.64 bits per heavy atom. The van der Waals surface area contributed by atoms with E-state index in [2.05, 4.69) is 22.9 Å². The fraction of sp³-hybridized carbons (Fsp3) is 0.785. The number of nitrogens with two attached hydrogens (primary N) is 1. The molecule has 3 aliphatic heterocycles. The number of amides is 7. The summed E-state index contributed by atoms with van der Waals surface area (Å²) in [5.74, 6) is -6.09. The number of Topliss-reactive ketones (excluding diaryl/α,β-unsaturated/α-hetero) is 1. The molecule has 12 fully saturated rings. The number of hydrogen-bond acceptors (Lipinski definition) is 14. The lowest BCUT2D eigenvalue weighted by Gasteiger charge is -2.40. The molecule has 16 atom stereocenters. The standard InChI is InChI=1S/C65H90N8O13/c1-11-58-31-45(58)65(58)57(20-21-57)33-47(75)85-64(34-56(64,6)7)53(81)68-61(28-38(61)15-12-24-66)54(82)73-26-14-17-44(73)50(78)71(9)63(30-42(63)40-19-18-39(84-10)27-36(40)4)55(83)86-59(22-23-59)60(51(79)69-65)32-46(60)67-52(80)62(29-41(62)35(2)3)70(8)49(77)43-16-13-25-72(43)48(76)37(5)74/h18-19,27,35-36,38,40-46H,11-17,20-26,28-34,66H2,1-10H3,(H,67,80)(H,68,81)(H,69,79)/t36?,38?,40-,41-,42?,43-,44-,45-,46?,58+,60?,61?,62?,63?,64?,65?/m0/s1. The van der Waals surface area contributed by atoms with E-state index >= 15 is 28.8 Å². The number of likely N-dealkylation sites (tertiary alicyclic amines) is 1. The predicted molar refractivity (Wildman–Crippen MR) is 309 cm³/mol. The van der Waals surface area contributed by atoms with Crippen molar-refractivity contribution in [2.75, 3.05) is 40.8 Å². The average molecular weight is 1190 g/mol. The van der Waals surface area contributed by atoms with Crippen LogP contribution in [-0.2, 0) is 62.2 Å². The van der Waals surface area contributed by atoms with E-state index in [4.69, 9.17) is 19.9 Å². The lowest BCUT2D eigenvalue weighted by molar-refractivity contribution is -0.171. The lowest BCUT2D eigenvalue weighted by Crippen LogP contribution is -2.61.